The lowest BCUT2D eigenvalue weighted by Gasteiger charge is -2.19. The summed E-state index contributed by atoms with van der Waals surface area (Å²) >= 11 is 0. The third kappa shape index (κ3) is 4.83. The van der Waals surface area contributed by atoms with E-state index in [1.165, 1.54) is 12.1 Å². The fraction of sp³-hybridized carbons (Fsp3) is 0.278. The molecule has 24 heavy (non-hydrogen) atoms. The Morgan fingerprint density at radius 1 is 1.29 bits per heavy atom. The summed E-state index contributed by atoms with van der Waals surface area (Å²) in [5.74, 6) is 0. The van der Waals surface area contributed by atoms with Gasteiger partial charge in [0, 0.05) is 18.4 Å². The Labute approximate surface area is 139 Å². The highest BCUT2D eigenvalue weighted by Crippen LogP contribution is 2.30. The average Bonchev–Trinajstić information content (AvgIpc) is 2.56. The zero-order valence-electron chi connectivity index (χ0n) is 13.5. The Hall–Kier alpha value is -2.34. The van der Waals surface area contributed by atoms with E-state index in [1.54, 1.807) is 6.20 Å². The van der Waals surface area contributed by atoms with Gasteiger partial charge in [-0.15, -0.1) is 0 Å². The molecular weight excluding hydrogens is 315 g/mol. The number of aliphatic imine (C=N–C) groups is 1. The summed E-state index contributed by atoms with van der Waals surface area (Å²) in [6.07, 6.45) is 2.02. The van der Waals surface area contributed by atoms with Gasteiger partial charge in [-0.05, 0) is 49.7 Å². The zero-order chi connectivity index (χ0) is 17.6. The maximum atomic E-state index is 12.6. The molecular formula is C18H20F3N3. The fourth-order valence-corrected chi connectivity index (χ4v) is 2.32. The molecule has 6 heteroatoms. The molecule has 0 bridgehead atoms. The van der Waals surface area contributed by atoms with E-state index < -0.39 is 11.7 Å². The number of benzene rings is 1. The number of nitrogens with one attached hydrogen (secondary N) is 2. The second-order valence-corrected chi connectivity index (χ2v) is 5.32. The molecule has 1 aliphatic rings. The van der Waals surface area contributed by atoms with E-state index >= 15 is 0 Å². The number of allylic oxidation sites excluding steroid dienone is 2. The van der Waals surface area contributed by atoms with Gasteiger partial charge in [-0.1, -0.05) is 18.7 Å². The number of halogens is 3. The summed E-state index contributed by atoms with van der Waals surface area (Å²) < 4.78 is 37.8. The highest BCUT2D eigenvalue weighted by atomic mass is 19.4. The van der Waals surface area contributed by atoms with Crippen molar-refractivity contribution < 1.29 is 13.2 Å². The lowest BCUT2D eigenvalue weighted by Crippen LogP contribution is -2.25. The van der Waals surface area contributed by atoms with Crippen LogP contribution in [0, 0.1) is 0 Å². The minimum Gasteiger partial charge on any atom is -0.354 e. The summed E-state index contributed by atoms with van der Waals surface area (Å²) in [6, 6.07) is 4.86. The molecule has 0 saturated carbocycles. The minimum absolute atomic E-state index is 0.538. The van der Waals surface area contributed by atoms with Crippen LogP contribution in [0.4, 0.5) is 18.9 Å². The van der Waals surface area contributed by atoms with Crippen LogP contribution < -0.4 is 10.6 Å². The summed E-state index contributed by atoms with van der Waals surface area (Å²) in [4.78, 5) is 4.42. The van der Waals surface area contributed by atoms with Gasteiger partial charge >= 0.3 is 6.18 Å². The van der Waals surface area contributed by atoms with Crippen LogP contribution >= 0.6 is 0 Å². The van der Waals surface area contributed by atoms with Crippen LogP contribution in [0.3, 0.4) is 0 Å². The van der Waals surface area contributed by atoms with Gasteiger partial charge in [0.2, 0.25) is 0 Å². The summed E-state index contributed by atoms with van der Waals surface area (Å²) in [6.45, 7) is 7.47. The maximum absolute atomic E-state index is 12.6. The van der Waals surface area contributed by atoms with E-state index in [0.29, 0.717) is 11.4 Å². The van der Waals surface area contributed by atoms with Gasteiger partial charge in [-0.25, -0.2) is 0 Å². The number of alkyl halides is 3. The number of hydrogen-bond acceptors (Lipinski definition) is 3. The van der Waals surface area contributed by atoms with Crippen LogP contribution in [0.5, 0.6) is 0 Å². The Morgan fingerprint density at radius 3 is 2.54 bits per heavy atom. The lowest BCUT2D eigenvalue weighted by atomic mass is 10.0. The standard InChI is InChI=1S/C18H20F3N3/c1-3-10-23-17(14-8-11-22-12-9-14)13(2)24-16-6-4-15(5-7-16)18(19,20)21/h3-8,10,22,24H,2,9,11-12H2,1H3/b10-3-,23-17+. The van der Waals surface area contributed by atoms with Gasteiger partial charge in [0.05, 0.1) is 17.0 Å². The van der Waals surface area contributed by atoms with Crippen molar-refractivity contribution in [2.24, 2.45) is 4.99 Å². The van der Waals surface area contributed by atoms with E-state index in [1.807, 2.05) is 19.1 Å². The third-order valence-electron chi connectivity index (χ3n) is 3.51. The fourth-order valence-electron chi connectivity index (χ4n) is 2.32. The van der Waals surface area contributed by atoms with Crippen molar-refractivity contribution in [3.05, 3.63) is 66.0 Å². The van der Waals surface area contributed by atoms with Gasteiger partial charge in [-0.3, -0.25) is 4.99 Å². The number of anilines is 1. The van der Waals surface area contributed by atoms with Crippen LogP contribution in [0.1, 0.15) is 18.9 Å². The molecule has 0 amide bonds. The normalized spacial score (nSPS) is 16.2. The first-order valence-electron chi connectivity index (χ1n) is 7.64. The second kappa shape index (κ2) is 7.97. The molecule has 2 rings (SSSR count). The van der Waals surface area contributed by atoms with Crippen molar-refractivity contribution in [2.75, 3.05) is 18.4 Å². The highest BCUT2D eigenvalue weighted by Gasteiger charge is 2.30. The number of rotatable bonds is 5. The van der Waals surface area contributed by atoms with E-state index in [4.69, 9.17) is 0 Å². The Morgan fingerprint density at radius 2 is 2.00 bits per heavy atom. The summed E-state index contributed by atoms with van der Waals surface area (Å²) in [5, 5.41) is 6.27. The topological polar surface area (TPSA) is 36.4 Å². The Balaban J connectivity index is 2.17. The van der Waals surface area contributed by atoms with Gasteiger partial charge in [-0.2, -0.15) is 13.2 Å². The first kappa shape index (κ1) is 18.0. The van der Waals surface area contributed by atoms with Gasteiger partial charge in [0.15, 0.2) is 0 Å². The van der Waals surface area contributed by atoms with Crippen molar-refractivity contribution in [1.29, 1.82) is 0 Å². The van der Waals surface area contributed by atoms with Crippen LogP contribution in [-0.4, -0.2) is 18.8 Å². The molecule has 0 spiro atoms. The molecule has 0 saturated heterocycles. The Kier molecular flexibility index (Phi) is 5.98. The third-order valence-corrected chi connectivity index (χ3v) is 3.51. The predicted octanol–water partition coefficient (Wildman–Crippen LogP) is 4.53. The molecule has 2 N–H and O–H groups in total. The molecule has 0 unspecified atom stereocenters. The Bertz CT molecular complexity index is 668. The maximum Gasteiger partial charge on any atom is 0.416 e. The van der Waals surface area contributed by atoms with Crippen LogP contribution in [0.15, 0.2) is 65.5 Å². The van der Waals surface area contributed by atoms with Gasteiger partial charge in [0.1, 0.15) is 0 Å². The predicted molar refractivity (Wildman–Crippen MR) is 92.0 cm³/mol. The molecule has 1 heterocycles. The molecule has 1 aromatic carbocycles. The van der Waals surface area contributed by atoms with Crippen LogP contribution in [-0.2, 0) is 6.18 Å². The molecule has 0 atom stereocenters. The average molecular weight is 335 g/mol. The molecule has 0 radical (unpaired) electrons. The second-order valence-electron chi connectivity index (χ2n) is 5.32. The molecule has 0 aromatic heterocycles. The quantitative estimate of drug-likeness (QED) is 0.776. The first-order valence-corrected chi connectivity index (χ1v) is 7.64. The van der Waals surface area contributed by atoms with Gasteiger partial charge in [0.25, 0.3) is 0 Å². The van der Waals surface area contributed by atoms with Gasteiger partial charge < -0.3 is 10.6 Å². The van der Waals surface area contributed by atoms with Crippen LogP contribution in [0.25, 0.3) is 0 Å². The van der Waals surface area contributed by atoms with Crippen molar-refractivity contribution in [1.82, 2.24) is 5.32 Å². The molecule has 0 fully saturated rings. The zero-order valence-corrected chi connectivity index (χ0v) is 13.5. The highest BCUT2D eigenvalue weighted by molar-refractivity contribution is 6.14. The first-order chi connectivity index (χ1) is 11.4. The van der Waals surface area contributed by atoms with E-state index in [0.717, 1.165) is 42.9 Å². The number of nitrogens with zero attached hydrogens (tertiary/aromatic N) is 1. The molecule has 3 nitrogen and oxygen atoms in total. The number of hydrogen-bond donors (Lipinski definition) is 2. The van der Waals surface area contributed by atoms with Crippen molar-refractivity contribution in [3.8, 4) is 0 Å². The summed E-state index contributed by atoms with van der Waals surface area (Å²) in [7, 11) is 0. The van der Waals surface area contributed by atoms with E-state index in [2.05, 4.69) is 22.2 Å². The largest absolute Gasteiger partial charge is 0.416 e. The SMILES string of the molecule is C=C(Nc1ccc(C(F)(F)F)cc1)/C(=N\C=C/C)C1=CCNCC1. The van der Waals surface area contributed by atoms with E-state index in [9.17, 15) is 13.2 Å². The monoisotopic (exact) mass is 335 g/mol. The molecule has 0 aliphatic carbocycles. The van der Waals surface area contributed by atoms with Crippen LogP contribution in [0.2, 0.25) is 0 Å². The van der Waals surface area contributed by atoms with E-state index in [-0.39, 0.29) is 0 Å². The molecule has 128 valence electrons. The smallest absolute Gasteiger partial charge is 0.354 e. The lowest BCUT2D eigenvalue weighted by molar-refractivity contribution is -0.137. The molecule has 1 aromatic rings. The van der Waals surface area contributed by atoms with Crippen molar-refractivity contribution in [3.63, 3.8) is 0 Å². The minimum atomic E-state index is -4.34. The molecule has 1 aliphatic heterocycles. The van der Waals surface area contributed by atoms with Crippen molar-refractivity contribution >= 4 is 11.4 Å². The van der Waals surface area contributed by atoms with Crippen molar-refractivity contribution in [2.45, 2.75) is 19.5 Å². The summed E-state index contributed by atoms with van der Waals surface area (Å²) in [5.41, 5.74) is 2.20.